The summed E-state index contributed by atoms with van der Waals surface area (Å²) in [6.45, 7) is 4.12. The summed E-state index contributed by atoms with van der Waals surface area (Å²) < 4.78 is 0. The molecular weight excluding hydrogens is 226 g/mol. The van der Waals surface area contributed by atoms with Gasteiger partial charge < -0.3 is 10.1 Å². The smallest absolute Gasteiger partial charge is 0.251 e. The number of nitrogens with one attached hydrogen (secondary N) is 1. The van der Waals surface area contributed by atoms with Crippen molar-refractivity contribution in [3.05, 3.63) is 45.7 Å². The van der Waals surface area contributed by atoms with Gasteiger partial charge in [0.15, 0.2) is 0 Å². The molecule has 0 radical (unpaired) electrons. The normalized spacial score (nSPS) is 12.8. The minimum absolute atomic E-state index is 0.0305. The van der Waals surface area contributed by atoms with Gasteiger partial charge >= 0.3 is 0 Å². The van der Waals surface area contributed by atoms with Crippen molar-refractivity contribution in [2.24, 2.45) is 5.92 Å². The summed E-state index contributed by atoms with van der Waals surface area (Å²) >= 11 is 0. The van der Waals surface area contributed by atoms with Crippen LogP contribution in [0, 0.1) is 12.8 Å². The Bertz CT molecular complexity index is 597. The predicted molar refractivity (Wildman–Crippen MR) is 73.9 cm³/mol. The van der Waals surface area contributed by atoms with Crippen molar-refractivity contribution < 1.29 is 5.11 Å². The molecule has 1 aromatic carbocycles. The van der Waals surface area contributed by atoms with Crippen LogP contribution >= 0.6 is 0 Å². The molecule has 0 aliphatic heterocycles. The number of aromatic amines is 1. The lowest BCUT2D eigenvalue weighted by Gasteiger charge is -2.12. The maximum atomic E-state index is 11.5. The van der Waals surface area contributed by atoms with Gasteiger partial charge in [-0.3, -0.25) is 4.79 Å². The molecule has 1 unspecified atom stereocenters. The summed E-state index contributed by atoms with van der Waals surface area (Å²) in [7, 11) is 0. The molecule has 0 bridgehead atoms. The van der Waals surface area contributed by atoms with Gasteiger partial charge in [-0.2, -0.15) is 0 Å². The molecule has 0 spiro atoms. The van der Waals surface area contributed by atoms with Gasteiger partial charge in [-0.25, -0.2) is 0 Å². The Balaban J connectivity index is 2.38. The van der Waals surface area contributed by atoms with E-state index in [2.05, 4.69) is 18.0 Å². The van der Waals surface area contributed by atoms with E-state index in [9.17, 15) is 9.90 Å². The first kappa shape index (κ1) is 12.8. The van der Waals surface area contributed by atoms with Crippen molar-refractivity contribution in [2.75, 3.05) is 6.61 Å². The highest BCUT2D eigenvalue weighted by Crippen LogP contribution is 2.17. The Kier molecular flexibility index (Phi) is 3.82. The average molecular weight is 245 g/mol. The number of pyridine rings is 1. The van der Waals surface area contributed by atoms with E-state index >= 15 is 0 Å². The van der Waals surface area contributed by atoms with Gasteiger partial charge in [-0.05, 0) is 48.4 Å². The second-order valence-electron chi connectivity index (χ2n) is 4.86. The fraction of sp³-hybridized carbons (Fsp3) is 0.400. The lowest BCUT2D eigenvalue weighted by atomic mass is 9.96. The van der Waals surface area contributed by atoms with Crippen molar-refractivity contribution in [1.29, 1.82) is 0 Å². The molecular formula is C15H19NO2. The third-order valence-corrected chi connectivity index (χ3v) is 3.45. The summed E-state index contributed by atoms with van der Waals surface area (Å²) in [6, 6.07) is 7.97. The molecule has 96 valence electrons. The van der Waals surface area contributed by atoms with Crippen LogP contribution in [0.1, 0.15) is 24.5 Å². The standard InChI is InChI=1S/C15H19NO2/c1-3-11(9-17)7-12-4-5-14-13(8-12)6-10(2)15(18)16-14/h4-6,8,11,17H,3,7,9H2,1-2H3,(H,16,18). The van der Waals surface area contributed by atoms with Crippen LogP contribution < -0.4 is 5.56 Å². The Hall–Kier alpha value is -1.61. The molecule has 3 heteroatoms. The molecule has 2 aromatic rings. The molecule has 0 saturated carbocycles. The number of aliphatic hydroxyl groups is 1. The lowest BCUT2D eigenvalue weighted by Crippen LogP contribution is -2.10. The van der Waals surface area contributed by atoms with Crippen molar-refractivity contribution in [3.8, 4) is 0 Å². The van der Waals surface area contributed by atoms with Crippen LogP contribution in [0.5, 0.6) is 0 Å². The van der Waals surface area contributed by atoms with E-state index in [1.54, 1.807) is 0 Å². The molecule has 18 heavy (non-hydrogen) atoms. The molecule has 0 aliphatic carbocycles. The second-order valence-corrected chi connectivity index (χ2v) is 4.86. The van der Waals surface area contributed by atoms with E-state index in [1.807, 2.05) is 25.1 Å². The van der Waals surface area contributed by atoms with E-state index < -0.39 is 0 Å². The Morgan fingerprint density at radius 2 is 2.11 bits per heavy atom. The lowest BCUT2D eigenvalue weighted by molar-refractivity contribution is 0.222. The third-order valence-electron chi connectivity index (χ3n) is 3.45. The number of rotatable bonds is 4. The first-order chi connectivity index (χ1) is 8.63. The number of H-pyrrole nitrogens is 1. The van der Waals surface area contributed by atoms with Crippen molar-refractivity contribution in [2.45, 2.75) is 26.7 Å². The highest BCUT2D eigenvalue weighted by molar-refractivity contribution is 5.79. The van der Waals surface area contributed by atoms with Crippen LogP contribution in [0.4, 0.5) is 0 Å². The fourth-order valence-electron chi connectivity index (χ4n) is 2.16. The van der Waals surface area contributed by atoms with Gasteiger partial charge in [-0.15, -0.1) is 0 Å². The molecule has 3 nitrogen and oxygen atoms in total. The first-order valence-electron chi connectivity index (χ1n) is 6.37. The van der Waals surface area contributed by atoms with E-state index in [-0.39, 0.29) is 12.2 Å². The predicted octanol–water partition coefficient (Wildman–Crippen LogP) is 2.40. The molecule has 0 saturated heterocycles. The number of hydrogen-bond donors (Lipinski definition) is 2. The maximum Gasteiger partial charge on any atom is 0.251 e. The number of benzene rings is 1. The van der Waals surface area contributed by atoms with Gasteiger partial charge in [-0.1, -0.05) is 19.4 Å². The first-order valence-corrected chi connectivity index (χ1v) is 6.37. The monoisotopic (exact) mass is 245 g/mol. The highest BCUT2D eigenvalue weighted by atomic mass is 16.3. The molecule has 1 atom stereocenters. The van der Waals surface area contributed by atoms with Gasteiger partial charge in [0, 0.05) is 17.7 Å². The van der Waals surface area contributed by atoms with Crippen molar-refractivity contribution >= 4 is 10.9 Å². The van der Waals surface area contributed by atoms with E-state index in [1.165, 1.54) is 5.56 Å². The summed E-state index contributed by atoms with van der Waals surface area (Å²) in [5.41, 5.74) is 2.77. The Morgan fingerprint density at radius 1 is 1.33 bits per heavy atom. The van der Waals surface area contributed by atoms with E-state index in [0.717, 1.165) is 29.3 Å². The Morgan fingerprint density at radius 3 is 2.78 bits per heavy atom. The van der Waals surface area contributed by atoms with Crippen LogP contribution in [-0.4, -0.2) is 16.7 Å². The minimum Gasteiger partial charge on any atom is -0.396 e. The SMILES string of the molecule is CCC(CO)Cc1ccc2[nH]c(=O)c(C)cc2c1. The van der Waals surface area contributed by atoms with E-state index in [0.29, 0.717) is 5.92 Å². The van der Waals surface area contributed by atoms with Gasteiger partial charge in [0.1, 0.15) is 0 Å². The van der Waals surface area contributed by atoms with Crippen molar-refractivity contribution in [1.82, 2.24) is 4.98 Å². The quantitative estimate of drug-likeness (QED) is 0.869. The fourth-order valence-corrected chi connectivity index (χ4v) is 2.16. The number of hydrogen-bond acceptors (Lipinski definition) is 2. The van der Waals surface area contributed by atoms with Crippen LogP contribution in [0.25, 0.3) is 10.9 Å². The third kappa shape index (κ3) is 2.62. The van der Waals surface area contributed by atoms with Crippen molar-refractivity contribution in [3.63, 3.8) is 0 Å². The number of aromatic nitrogens is 1. The molecule has 1 heterocycles. The minimum atomic E-state index is -0.0305. The maximum absolute atomic E-state index is 11.5. The summed E-state index contributed by atoms with van der Waals surface area (Å²) in [5.74, 6) is 0.311. The van der Waals surface area contributed by atoms with Crippen LogP contribution in [0.3, 0.4) is 0 Å². The Labute approximate surface area is 106 Å². The zero-order valence-electron chi connectivity index (χ0n) is 10.9. The summed E-state index contributed by atoms with van der Waals surface area (Å²) in [5, 5.41) is 10.3. The summed E-state index contributed by atoms with van der Waals surface area (Å²) in [4.78, 5) is 14.4. The number of fused-ring (bicyclic) bond motifs is 1. The van der Waals surface area contributed by atoms with Crippen LogP contribution in [0.2, 0.25) is 0 Å². The largest absolute Gasteiger partial charge is 0.396 e. The van der Waals surface area contributed by atoms with Gasteiger partial charge in [0.25, 0.3) is 5.56 Å². The summed E-state index contributed by atoms with van der Waals surface area (Å²) in [6.07, 6.45) is 1.85. The zero-order valence-corrected chi connectivity index (χ0v) is 10.9. The topological polar surface area (TPSA) is 53.1 Å². The van der Waals surface area contributed by atoms with Gasteiger partial charge in [0.2, 0.25) is 0 Å². The molecule has 2 rings (SSSR count). The molecule has 0 fully saturated rings. The average Bonchev–Trinajstić information content (AvgIpc) is 2.37. The van der Waals surface area contributed by atoms with Crippen LogP contribution in [0.15, 0.2) is 29.1 Å². The molecule has 2 N–H and O–H groups in total. The van der Waals surface area contributed by atoms with Gasteiger partial charge in [0.05, 0.1) is 0 Å². The highest BCUT2D eigenvalue weighted by Gasteiger charge is 2.07. The molecule has 0 amide bonds. The second kappa shape index (κ2) is 5.36. The molecule has 0 aliphatic rings. The van der Waals surface area contributed by atoms with E-state index in [4.69, 9.17) is 0 Å². The number of aliphatic hydroxyl groups excluding tert-OH is 1. The van der Waals surface area contributed by atoms with Crippen LogP contribution in [-0.2, 0) is 6.42 Å². The molecule has 1 aromatic heterocycles. The zero-order chi connectivity index (χ0) is 13.1. The number of aryl methyl sites for hydroxylation is 1.